The van der Waals surface area contributed by atoms with Crippen LogP contribution in [0.25, 0.3) is 16.7 Å². The molecule has 2 amide bonds. The number of aromatic nitrogens is 4. The number of benzene rings is 2. The molecular weight excluding hydrogens is 470 g/mol. The number of ether oxygens (including phenoxy) is 2. The van der Waals surface area contributed by atoms with Gasteiger partial charge in [-0.25, -0.2) is 9.78 Å². The number of nitrogens with zero attached hydrogens (tertiary/aromatic N) is 5. The Bertz CT molecular complexity index is 1380. The molecule has 37 heavy (non-hydrogen) atoms. The van der Waals surface area contributed by atoms with Crippen molar-refractivity contribution in [3.8, 4) is 11.4 Å². The van der Waals surface area contributed by atoms with E-state index in [1.54, 1.807) is 11.0 Å². The van der Waals surface area contributed by atoms with Crippen LogP contribution in [0.3, 0.4) is 0 Å². The zero-order valence-corrected chi connectivity index (χ0v) is 21.7. The van der Waals surface area contributed by atoms with Crippen LogP contribution in [0, 0.1) is 0 Å². The maximum atomic E-state index is 12.6. The molecule has 1 aliphatic rings. The predicted molar refractivity (Wildman–Crippen MR) is 144 cm³/mol. The average molecular weight is 504 g/mol. The van der Waals surface area contributed by atoms with E-state index >= 15 is 0 Å². The van der Waals surface area contributed by atoms with E-state index in [1.165, 1.54) is 0 Å². The molecule has 10 nitrogen and oxygen atoms in total. The molecule has 10 heteroatoms. The molecule has 1 saturated heterocycles. The van der Waals surface area contributed by atoms with E-state index in [-0.39, 0.29) is 11.4 Å². The van der Waals surface area contributed by atoms with E-state index in [1.807, 2.05) is 60.1 Å². The Morgan fingerprint density at radius 1 is 1.05 bits per heavy atom. The Kier molecular flexibility index (Phi) is 6.86. The monoisotopic (exact) mass is 503 g/mol. The van der Waals surface area contributed by atoms with Crippen molar-refractivity contribution >= 4 is 28.6 Å². The van der Waals surface area contributed by atoms with Gasteiger partial charge in [0, 0.05) is 49.1 Å². The second-order valence-corrected chi connectivity index (χ2v) is 10.2. The van der Waals surface area contributed by atoms with Gasteiger partial charge in [-0.1, -0.05) is 20.8 Å². The molecule has 2 aromatic carbocycles. The number of carbonyl (C=O) groups is 1. The Balaban J connectivity index is 1.22. The third-order valence-corrected chi connectivity index (χ3v) is 6.33. The lowest BCUT2D eigenvalue weighted by Crippen LogP contribution is -2.38. The van der Waals surface area contributed by atoms with E-state index in [0.717, 1.165) is 54.5 Å². The first-order chi connectivity index (χ1) is 17.8. The molecule has 0 unspecified atom stereocenters. The minimum atomic E-state index is -0.325. The SMILES string of the molecule is Cn1nc(C(C)(C)C)cc1NC(=O)Nc1ccc(-n2cnc3cc(OCN4CCOCC4)ccc32)cc1. The summed E-state index contributed by atoms with van der Waals surface area (Å²) >= 11 is 0. The summed E-state index contributed by atoms with van der Waals surface area (Å²) in [5.41, 5.74) is 4.27. The van der Waals surface area contributed by atoms with Gasteiger partial charge in [0.2, 0.25) is 0 Å². The number of aryl methyl sites for hydroxylation is 1. The average Bonchev–Trinajstić information content (AvgIpc) is 3.47. The van der Waals surface area contributed by atoms with Gasteiger partial charge >= 0.3 is 6.03 Å². The van der Waals surface area contributed by atoms with Crippen molar-refractivity contribution in [1.29, 1.82) is 0 Å². The fourth-order valence-electron chi connectivity index (χ4n) is 4.12. The largest absolute Gasteiger partial charge is 0.478 e. The van der Waals surface area contributed by atoms with Crippen molar-refractivity contribution < 1.29 is 14.3 Å². The van der Waals surface area contributed by atoms with Crippen LogP contribution in [-0.2, 0) is 17.2 Å². The molecule has 0 aliphatic carbocycles. The number of carbonyl (C=O) groups excluding carboxylic acids is 1. The van der Waals surface area contributed by atoms with Crippen LogP contribution in [0.4, 0.5) is 16.3 Å². The summed E-state index contributed by atoms with van der Waals surface area (Å²) in [7, 11) is 1.81. The molecule has 1 fully saturated rings. The van der Waals surface area contributed by atoms with Crippen LogP contribution in [0.2, 0.25) is 0 Å². The van der Waals surface area contributed by atoms with Crippen LogP contribution in [0.1, 0.15) is 26.5 Å². The molecule has 1 aliphatic heterocycles. The lowest BCUT2D eigenvalue weighted by molar-refractivity contribution is 0.00410. The number of fused-ring (bicyclic) bond motifs is 1. The van der Waals surface area contributed by atoms with Crippen LogP contribution in [-0.4, -0.2) is 63.3 Å². The summed E-state index contributed by atoms with van der Waals surface area (Å²) in [5, 5.41) is 10.2. The standard InChI is InChI=1S/C27H33N7O3/c1-27(2,3)24-16-25(32(4)31-24)30-26(35)29-19-5-7-20(8-6-19)34-17-28-22-15-21(9-10-23(22)34)37-18-33-11-13-36-14-12-33/h5-10,15-17H,11-14,18H2,1-4H3,(H2,29,30,35). The Hall–Kier alpha value is -3.89. The zero-order valence-electron chi connectivity index (χ0n) is 21.7. The van der Waals surface area contributed by atoms with E-state index in [2.05, 4.69) is 46.4 Å². The van der Waals surface area contributed by atoms with Crippen LogP contribution >= 0.6 is 0 Å². The second-order valence-electron chi connectivity index (χ2n) is 10.2. The molecule has 2 aromatic heterocycles. The maximum absolute atomic E-state index is 12.6. The number of urea groups is 1. The second kappa shape index (κ2) is 10.2. The van der Waals surface area contributed by atoms with Crippen molar-refractivity contribution in [1.82, 2.24) is 24.2 Å². The number of morpholine rings is 1. The number of amides is 2. The smallest absolute Gasteiger partial charge is 0.324 e. The zero-order chi connectivity index (χ0) is 26.0. The fraction of sp³-hybridized carbons (Fsp3) is 0.370. The van der Waals surface area contributed by atoms with E-state index in [0.29, 0.717) is 18.2 Å². The highest BCUT2D eigenvalue weighted by Gasteiger charge is 2.19. The van der Waals surface area contributed by atoms with Crippen LogP contribution < -0.4 is 15.4 Å². The van der Waals surface area contributed by atoms with E-state index in [9.17, 15) is 4.79 Å². The third-order valence-electron chi connectivity index (χ3n) is 6.33. The normalized spacial score (nSPS) is 14.6. The number of hydrogen-bond donors (Lipinski definition) is 2. The van der Waals surface area contributed by atoms with E-state index < -0.39 is 0 Å². The summed E-state index contributed by atoms with van der Waals surface area (Å²) in [4.78, 5) is 19.3. The minimum absolute atomic E-state index is 0.0982. The highest BCUT2D eigenvalue weighted by atomic mass is 16.5. The summed E-state index contributed by atoms with van der Waals surface area (Å²) < 4.78 is 15.0. The number of rotatable bonds is 6. The molecule has 0 radical (unpaired) electrons. The van der Waals surface area contributed by atoms with Gasteiger partial charge in [0.25, 0.3) is 0 Å². The minimum Gasteiger partial charge on any atom is -0.478 e. The van der Waals surface area contributed by atoms with Crippen molar-refractivity contribution in [3.05, 3.63) is 60.6 Å². The van der Waals surface area contributed by atoms with Crippen molar-refractivity contribution in [2.24, 2.45) is 7.05 Å². The molecule has 194 valence electrons. The topological polar surface area (TPSA) is 98.5 Å². The van der Waals surface area contributed by atoms with Crippen LogP contribution in [0.15, 0.2) is 54.9 Å². The van der Waals surface area contributed by atoms with Gasteiger partial charge in [-0.2, -0.15) is 5.10 Å². The first kappa shape index (κ1) is 24.8. The Labute approximate surface area is 216 Å². The lowest BCUT2D eigenvalue weighted by Gasteiger charge is -2.26. The van der Waals surface area contributed by atoms with Crippen molar-refractivity contribution in [2.75, 3.05) is 43.7 Å². The third kappa shape index (κ3) is 5.76. The molecular formula is C27H33N7O3. The summed E-state index contributed by atoms with van der Waals surface area (Å²) in [6.45, 7) is 10.0. The van der Waals surface area contributed by atoms with Crippen molar-refractivity contribution in [3.63, 3.8) is 0 Å². The number of imidazole rings is 1. The van der Waals surface area contributed by atoms with Gasteiger partial charge in [0.05, 0.1) is 29.9 Å². The number of anilines is 2. The fourth-order valence-corrected chi connectivity index (χ4v) is 4.12. The summed E-state index contributed by atoms with van der Waals surface area (Å²) in [6, 6.07) is 15.1. The summed E-state index contributed by atoms with van der Waals surface area (Å²) in [6.07, 6.45) is 1.79. The van der Waals surface area contributed by atoms with Crippen molar-refractivity contribution in [2.45, 2.75) is 26.2 Å². The van der Waals surface area contributed by atoms with E-state index in [4.69, 9.17) is 9.47 Å². The van der Waals surface area contributed by atoms with Gasteiger partial charge in [-0.05, 0) is 36.4 Å². The van der Waals surface area contributed by atoms with Gasteiger partial charge < -0.3 is 14.8 Å². The summed E-state index contributed by atoms with van der Waals surface area (Å²) in [5.74, 6) is 1.43. The maximum Gasteiger partial charge on any atom is 0.324 e. The van der Waals surface area contributed by atoms with Gasteiger partial charge in [-0.3, -0.25) is 19.5 Å². The first-order valence-electron chi connectivity index (χ1n) is 12.4. The Morgan fingerprint density at radius 2 is 1.81 bits per heavy atom. The molecule has 5 rings (SSSR count). The highest BCUT2D eigenvalue weighted by molar-refractivity contribution is 5.99. The number of nitrogens with one attached hydrogen (secondary N) is 2. The molecule has 2 N–H and O–H groups in total. The molecule has 4 aromatic rings. The Morgan fingerprint density at radius 3 is 2.51 bits per heavy atom. The quantitative estimate of drug-likeness (QED) is 0.406. The molecule has 0 atom stereocenters. The molecule has 0 spiro atoms. The van der Waals surface area contributed by atoms with Gasteiger partial charge in [0.1, 0.15) is 24.6 Å². The van der Waals surface area contributed by atoms with Crippen LogP contribution in [0.5, 0.6) is 5.75 Å². The van der Waals surface area contributed by atoms with Gasteiger partial charge in [-0.15, -0.1) is 0 Å². The molecule has 3 heterocycles. The predicted octanol–water partition coefficient (Wildman–Crippen LogP) is 4.37. The molecule has 0 saturated carbocycles. The number of hydrogen-bond acceptors (Lipinski definition) is 6. The lowest BCUT2D eigenvalue weighted by atomic mass is 9.92. The first-order valence-corrected chi connectivity index (χ1v) is 12.4. The molecule has 0 bridgehead atoms. The highest BCUT2D eigenvalue weighted by Crippen LogP contribution is 2.25. The van der Waals surface area contributed by atoms with Gasteiger partial charge in [0.15, 0.2) is 0 Å².